The van der Waals surface area contributed by atoms with Gasteiger partial charge in [-0.2, -0.15) is 15.0 Å². The van der Waals surface area contributed by atoms with Gasteiger partial charge in [-0.3, -0.25) is 0 Å². The molecule has 0 radical (unpaired) electrons. The molecule has 25 heavy (non-hydrogen) atoms. The van der Waals surface area contributed by atoms with E-state index in [1.165, 1.54) is 0 Å². The first-order valence-electron chi connectivity index (χ1n) is 8.47. The van der Waals surface area contributed by atoms with Crippen LogP contribution in [0.5, 0.6) is 0 Å². The molecule has 8 heteroatoms. The van der Waals surface area contributed by atoms with Crippen LogP contribution in [0.25, 0.3) is 0 Å². The molecule has 0 amide bonds. The average molecular weight is 381 g/mol. The smallest absolute Gasteiger partial charge is 0.233 e. The minimum Gasteiger partial charge on any atom is -0.354 e. The Morgan fingerprint density at radius 3 is 2.28 bits per heavy atom. The zero-order valence-electron chi connectivity index (χ0n) is 14.4. The van der Waals surface area contributed by atoms with E-state index in [-0.39, 0.29) is 0 Å². The summed E-state index contributed by atoms with van der Waals surface area (Å²) in [4.78, 5) is 15.8. The Labute approximate surface area is 158 Å². The number of benzene rings is 1. The van der Waals surface area contributed by atoms with E-state index in [0.717, 1.165) is 38.2 Å². The van der Waals surface area contributed by atoms with Crippen LogP contribution in [0, 0.1) is 5.92 Å². The van der Waals surface area contributed by atoms with E-state index < -0.39 is 0 Å². The van der Waals surface area contributed by atoms with E-state index in [1.54, 1.807) is 18.2 Å². The van der Waals surface area contributed by atoms with Crippen molar-refractivity contribution in [2.24, 2.45) is 5.92 Å². The lowest BCUT2D eigenvalue weighted by Gasteiger charge is -2.17. The average Bonchev–Trinajstić information content (AvgIpc) is 3.06. The van der Waals surface area contributed by atoms with Gasteiger partial charge in [-0.15, -0.1) is 0 Å². The zero-order valence-corrected chi connectivity index (χ0v) is 15.9. The van der Waals surface area contributed by atoms with Crippen LogP contribution < -0.4 is 15.5 Å². The highest BCUT2D eigenvalue weighted by molar-refractivity contribution is 6.35. The Kier molecular flexibility index (Phi) is 5.81. The summed E-state index contributed by atoms with van der Waals surface area (Å²) in [5, 5.41) is 7.57. The maximum absolute atomic E-state index is 6.07. The summed E-state index contributed by atoms with van der Waals surface area (Å²) in [6, 6.07) is 5.26. The highest BCUT2D eigenvalue weighted by atomic mass is 35.5. The lowest BCUT2D eigenvalue weighted by molar-refractivity contribution is 0.683. The topological polar surface area (TPSA) is 66.0 Å². The number of aromatic nitrogens is 3. The molecule has 0 saturated carbocycles. The van der Waals surface area contributed by atoms with Crippen molar-refractivity contribution >= 4 is 46.7 Å². The van der Waals surface area contributed by atoms with E-state index >= 15 is 0 Å². The van der Waals surface area contributed by atoms with Crippen molar-refractivity contribution in [3.63, 3.8) is 0 Å². The van der Waals surface area contributed by atoms with Crippen LogP contribution in [0.15, 0.2) is 18.2 Å². The fourth-order valence-corrected chi connectivity index (χ4v) is 3.13. The van der Waals surface area contributed by atoms with Crippen LogP contribution in [0.4, 0.5) is 23.5 Å². The van der Waals surface area contributed by atoms with Crippen molar-refractivity contribution in [2.45, 2.75) is 26.7 Å². The van der Waals surface area contributed by atoms with Crippen molar-refractivity contribution in [2.75, 3.05) is 35.2 Å². The molecule has 6 nitrogen and oxygen atoms in total. The third kappa shape index (κ3) is 5.09. The summed E-state index contributed by atoms with van der Waals surface area (Å²) in [6.45, 7) is 7.02. The summed E-state index contributed by atoms with van der Waals surface area (Å²) in [6.07, 6.45) is 2.32. The second-order valence-corrected chi connectivity index (χ2v) is 7.41. The summed E-state index contributed by atoms with van der Waals surface area (Å²) in [5.41, 5.74) is 0.742. The molecule has 134 valence electrons. The molecule has 0 unspecified atom stereocenters. The molecule has 1 aliphatic heterocycles. The van der Waals surface area contributed by atoms with Crippen LogP contribution in [0.3, 0.4) is 0 Å². The summed E-state index contributed by atoms with van der Waals surface area (Å²) in [5.74, 6) is 2.23. The maximum Gasteiger partial charge on any atom is 0.233 e. The standard InChI is InChI=1S/C17H22Cl2N6/c1-11(2)10-20-15-22-16(21-14-8-12(18)7-13(19)9-14)24-17(23-15)25-5-3-4-6-25/h7-9,11H,3-6,10H2,1-2H3,(H2,20,21,22,23,24). The molecule has 0 bridgehead atoms. The first kappa shape index (κ1) is 18.0. The number of anilines is 4. The van der Waals surface area contributed by atoms with E-state index in [1.807, 2.05) is 0 Å². The molecule has 1 aromatic carbocycles. The Balaban J connectivity index is 1.87. The Morgan fingerprint density at radius 2 is 1.64 bits per heavy atom. The highest BCUT2D eigenvalue weighted by Gasteiger charge is 2.17. The minimum atomic E-state index is 0.474. The third-order valence-corrected chi connectivity index (χ3v) is 4.24. The first-order chi connectivity index (χ1) is 12.0. The molecular weight excluding hydrogens is 359 g/mol. The molecule has 3 rings (SSSR count). The van der Waals surface area contributed by atoms with Crippen LogP contribution in [-0.4, -0.2) is 34.6 Å². The van der Waals surface area contributed by atoms with Crippen LogP contribution in [0.2, 0.25) is 10.0 Å². The summed E-state index contributed by atoms with van der Waals surface area (Å²) >= 11 is 12.1. The maximum atomic E-state index is 6.07. The Morgan fingerprint density at radius 1 is 1.00 bits per heavy atom. The summed E-state index contributed by atoms with van der Waals surface area (Å²) < 4.78 is 0. The van der Waals surface area contributed by atoms with Gasteiger partial charge in [0.25, 0.3) is 0 Å². The van der Waals surface area contributed by atoms with Gasteiger partial charge in [0.05, 0.1) is 0 Å². The fourth-order valence-electron chi connectivity index (χ4n) is 2.61. The molecule has 1 aliphatic rings. The first-order valence-corrected chi connectivity index (χ1v) is 9.23. The molecule has 0 atom stereocenters. The SMILES string of the molecule is CC(C)CNc1nc(Nc2cc(Cl)cc(Cl)c2)nc(N2CCCC2)n1. The second kappa shape index (κ2) is 8.06. The Bertz CT molecular complexity index is 711. The van der Waals surface area contributed by atoms with Crippen molar-refractivity contribution in [3.05, 3.63) is 28.2 Å². The van der Waals surface area contributed by atoms with Gasteiger partial charge in [0, 0.05) is 35.4 Å². The molecular formula is C17H22Cl2N6. The van der Waals surface area contributed by atoms with Gasteiger partial charge in [0.1, 0.15) is 0 Å². The van der Waals surface area contributed by atoms with Gasteiger partial charge in [-0.1, -0.05) is 37.0 Å². The predicted octanol–water partition coefficient (Wildman–Crippen LogP) is 4.59. The van der Waals surface area contributed by atoms with Gasteiger partial charge in [0.2, 0.25) is 17.8 Å². The lowest BCUT2D eigenvalue weighted by Crippen LogP contribution is -2.22. The third-order valence-electron chi connectivity index (χ3n) is 3.80. The quantitative estimate of drug-likeness (QED) is 0.763. The second-order valence-electron chi connectivity index (χ2n) is 6.53. The van der Waals surface area contributed by atoms with Crippen molar-refractivity contribution in [1.82, 2.24) is 15.0 Å². The van der Waals surface area contributed by atoms with E-state index in [9.17, 15) is 0 Å². The minimum absolute atomic E-state index is 0.474. The predicted molar refractivity (Wildman–Crippen MR) is 104 cm³/mol. The van der Waals surface area contributed by atoms with Gasteiger partial charge in [-0.05, 0) is 37.0 Å². The van der Waals surface area contributed by atoms with Crippen molar-refractivity contribution in [1.29, 1.82) is 0 Å². The van der Waals surface area contributed by atoms with Crippen LogP contribution in [0.1, 0.15) is 26.7 Å². The van der Waals surface area contributed by atoms with Crippen LogP contribution >= 0.6 is 23.2 Å². The largest absolute Gasteiger partial charge is 0.354 e. The summed E-state index contributed by atoms with van der Waals surface area (Å²) in [7, 11) is 0. The lowest BCUT2D eigenvalue weighted by atomic mass is 10.2. The number of nitrogens with one attached hydrogen (secondary N) is 2. The number of nitrogens with zero attached hydrogens (tertiary/aromatic N) is 4. The monoisotopic (exact) mass is 380 g/mol. The van der Waals surface area contributed by atoms with Gasteiger partial charge in [0.15, 0.2) is 0 Å². The number of hydrogen-bond acceptors (Lipinski definition) is 6. The van der Waals surface area contributed by atoms with E-state index in [2.05, 4.69) is 44.3 Å². The van der Waals surface area contributed by atoms with E-state index in [0.29, 0.717) is 33.8 Å². The molecule has 1 aromatic heterocycles. The molecule has 1 fully saturated rings. The number of halogens is 2. The van der Waals surface area contributed by atoms with Crippen LogP contribution in [-0.2, 0) is 0 Å². The number of hydrogen-bond donors (Lipinski definition) is 2. The molecule has 0 aliphatic carbocycles. The molecule has 2 N–H and O–H groups in total. The fraction of sp³-hybridized carbons (Fsp3) is 0.471. The van der Waals surface area contributed by atoms with Gasteiger partial charge < -0.3 is 15.5 Å². The molecule has 0 spiro atoms. The van der Waals surface area contributed by atoms with Crippen molar-refractivity contribution in [3.8, 4) is 0 Å². The Hall–Kier alpha value is -1.79. The van der Waals surface area contributed by atoms with E-state index in [4.69, 9.17) is 23.2 Å². The molecule has 1 saturated heterocycles. The zero-order chi connectivity index (χ0) is 17.8. The highest BCUT2D eigenvalue weighted by Crippen LogP contribution is 2.25. The van der Waals surface area contributed by atoms with Gasteiger partial charge in [-0.25, -0.2) is 0 Å². The molecule has 2 heterocycles. The van der Waals surface area contributed by atoms with Gasteiger partial charge >= 0.3 is 0 Å². The van der Waals surface area contributed by atoms with Crippen molar-refractivity contribution < 1.29 is 0 Å². The number of rotatable bonds is 6. The normalized spacial score (nSPS) is 14.2. The molecule has 2 aromatic rings.